The molecular weight excluding hydrogens is 473 g/mol. The van der Waals surface area contributed by atoms with Crippen molar-refractivity contribution in [2.75, 3.05) is 12.0 Å². The van der Waals surface area contributed by atoms with Crippen LogP contribution in [0.3, 0.4) is 0 Å². The summed E-state index contributed by atoms with van der Waals surface area (Å²) in [6, 6.07) is 7.76. The number of benzene rings is 1. The maximum absolute atomic E-state index is 13.2. The maximum atomic E-state index is 13.2. The van der Waals surface area contributed by atoms with Crippen molar-refractivity contribution in [3.05, 3.63) is 47.9 Å². The molecule has 4 rings (SSSR count). The number of methoxy groups -OCH3 is 1. The summed E-state index contributed by atoms with van der Waals surface area (Å²) in [5.74, 6) is -0.0900. The molecule has 1 saturated carbocycles. The molecule has 2 aromatic rings. The number of esters is 1. The second kappa shape index (κ2) is 9.72. The topological polar surface area (TPSA) is 100 Å². The largest absolute Gasteiger partial charge is 0.494 e. The second-order valence-electron chi connectivity index (χ2n) is 11.7. The number of carbonyl (C=O) groups is 2. The highest BCUT2D eigenvalue weighted by molar-refractivity contribution is 6.62. The lowest BCUT2D eigenvalue weighted by molar-refractivity contribution is -0.142. The molecule has 0 N–H and O–H groups in total. The lowest BCUT2D eigenvalue weighted by Crippen LogP contribution is -2.41. The predicted molar refractivity (Wildman–Crippen MR) is 139 cm³/mol. The van der Waals surface area contributed by atoms with Crippen LogP contribution in [0.25, 0.3) is 0 Å². The SMILES string of the molecule is COC(=O)[C@H]1C[C@@H]1c1cnc(N(Cc2cccc(B3OC(C)(C)C(C)(C)O3)c2)C(=O)OC(C)(C)C)cn1. The van der Waals surface area contributed by atoms with Crippen molar-refractivity contribution >= 4 is 30.5 Å². The predicted octanol–water partition coefficient (Wildman–Crippen LogP) is 3.99. The first-order valence-corrected chi connectivity index (χ1v) is 12.6. The van der Waals surface area contributed by atoms with Gasteiger partial charge in [0.2, 0.25) is 0 Å². The molecule has 1 aromatic heterocycles. The standard InChI is InChI=1S/C27H36BN3O6/c1-25(2,3)35-24(33)31(22-15-29-21(14-30-22)19-13-20(19)23(32)34-8)16-17-10-9-11-18(12-17)28-36-26(4,5)27(6,7)37-28/h9-12,14-15,19-20H,13,16H2,1-8H3/t19-,20-/m0/s1. The van der Waals surface area contributed by atoms with Crippen LogP contribution < -0.4 is 10.4 Å². The summed E-state index contributed by atoms with van der Waals surface area (Å²) >= 11 is 0. The molecule has 2 atom stereocenters. The van der Waals surface area contributed by atoms with Gasteiger partial charge in [0, 0.05) is 5.92 Å². The van der Waals surface area contributed by atoms with E-state index in [1.165, 1.54) is 12.0 Å². The number of ether oxygens (including phenoxy) is 2. The summed E-state index contributed by atoms with van der Waals surface area (Å²) in [6.45, 7) is 13.7. The van der Waals surface area contributed by atoms with E-state index in [-0.39, 0.29) is 24.3 Å². The third-order valence-electron chi connectivity index (χ3n) is 7.04. The fraction of sp³-hybridized carbons (Fsp3) is 0.556. The zero-order chi connectivity index (χ0) is 27.2. The number of amides is 1. The summed E-state index contributed by atoms with van der Waals surface area (Å²) in [5, 5.41) is 0. The van der Waals surface area contributed by atoms with Crippen molar-refractivity contribution in [3.8, 4) is 0 Å². The van der Waals surface area contributed by atoms with Gasteiger partial charge in [0.15, 0.2) is 5.82 Å². The second-order valence-corrected chi connectivity index (χ2v) is 11.7. The van der Waals surface area contributed by atoms with Crippen LogP contribution >= 0.6 is 0 Å². The van der Waals surface area contributed by atoms with Crippen molar-refractivity contribution in [2.24, 2.45) is 5.92 Å². The first-order valence-electron chi connectivity index (χ1n) is 12.6. The highest BCUT2D eigenvalue weighted by atomic mass is 16.7. The van der Waals surface area contributed by atoms with Gasteiger partial charge in [-0.2, -0.15) is 0 Å². The van der Waals surface area contributed by atoms with Crippen LogP contribution in [0.2, 0.25) is 0 Å². The zero-order valence-electron chi connectivity index (χ0n) is 22.9. The Hall–Kier alpha value is -2.98. The van der Waals surface area contributed by atoms with Crippen LogP contribution in [0, 0.1) is 5.92 Å². The molecule has 2 aliphatic rings. The minimum Gasteiger partial charge on any atom is -0.469 e. The van der Waals surface area contributed by atoms with E-state index < -0.39 is 30.0 Å². The Bertz CT molecular complexity index is 1150. The number of hydrogen-bond acceptors (Lipinski definition) is 8. The molecule has 1 amide bonds. The van der Waals surface area contributed by atoms with Crippen LogP contribution in [0.4, 0.5) is 10.6 Å². The minimum atomic E-state index is -0.686. The monoisotopic (exact) mass is 509 g/mol. The molecule has 1 saturated heterocycles. The van der Waals surface area contributed by atoms with E-state index in [1.54, 1.807) is 12.4 Å². The van der Waals surface area contributed by atoms with Crippen molar-refractivity contribution in [1.29, 1.82) is 0 Å². The van der Waals surface area contributed by atoms with Crippen LogP contribution in [0.15, 0.2) is 36.7 Å². The smallest absolute Gasteiger partial charge is 0.469 e. The molecule has 10 heteroatoms. The molecule has 1 aliphatic heterocycles. The molecule has 0 spiro atoms. The van der Waals surface area contributed by atoms with Crippen molar-refractivity contribution in [3.63, 3.8) is 0 Å². The van der Waals surface area contributed by atoms with Crippen molar-refractivity contribution < 1.29 is 28.4 Å². The van der Waals surface area contributed by atoms with Gasteiger partial charge in [-0.05, 0) is 65.9 Å². The van der Waals surface area contributed by atoms with Crippen molar-refractivity contribution in [1.82, 2.24) is 9.97 Å². The van der Waals surface area contributed by atoms with Gasteiger partial charge in [-0.1, -0.05) is 24.3 Å². The Balaban J connectivity index is 1.56. The van der Waals surface area contributed by atoms with Gasteiger partial charge in [0.1, 0.15) is 5.60 Å². The summed E-state index contributed by atoms with van der Waals surface area (Å²) in [4.78, 5) is 35.5. The zero-order valence-corrected chi connectivity index (χ0v) is 22.9. The molecule has 0 unspecified atom stereocenters. The third kappa shape index (κ3) is 5.96. The molecule has 37 heavy (non-hydrogen) atoms. The Morgan fingerprint density at radius 3 is 2.35 bits per heavy atom. The van der Waals surface area contributed by atoms with Gasteiger partial charge in [-0.3, -0.25) is 14.7 Å². The summed E-state index contributed by atoms with van der Waals surface area (Å²) in [6.07, 6.45) is 3.31. The average molecular weight is 509 g/mol. The van der Waals surface area contributed by atoms with Gasteiger partial charge in [0.05, 0.1) is 48.9 Å². The lowest BCUT2D eigenvalue weighted by atomic mass is 9.78. The maximum Gasteiger partial charge on any atom is 0.494 e. The van der Waals surface area contributed by atoms with E-state index in [2.05, 4.69) is 9.97 Å². The molecule has 0 bridgehead atoms. The first kappa shape index (κ1) is 27.1. The number of aromatic nitrogens is 2. The van der Waals surface area contributed by atoms with Crippen molar-refractivity contribution in [2.45, 2.75) is 84.2 Å². The molecule has 1 aliphatic carbocycles. The van der Waals surface area contributed by atoms with E-state index in [1.807, 2.05) is 72.7 Å². The number of nitrogens with zero attached hydrogens (tertiary/aromatic N) is 3. The van der Waals surface area contributed by atoms with E-state index in [4.69, 9.17) is 18.8 Å². The molecule has 0 radical (unpaired) electrons. The van der Waals surface area contributed by atoms with Crippen LogP contribution in [0.5, 0.6) is 0 Å². The molecule has 198 valence electrons. The Kier molecular flexibility index (Phi) is 7.11. The molecule has 2 fully saturated rings. The number of rotatable bonds is 6. The highest BCUT2D eigenvalue weighted by Crippen LogP contribution is 2.47. The Morgan fingerprint density at radius 1 is 1.11 bits per heavy atom. The summed E-state index contributed by atoms with van der Waals surface area (Å²) in [7, 11) is 0.868. The van der Waals surface area contributed by atoms with E-state index >= 15 is 0 Å². The fourth-order valence-corrected chi connectivity index (χ4v) is 4.15. The Morgan fingerprint density at radius 2 is 1.78 bits per heavy atom. The van der Waals surface area contributed by atoms with Gasteiger partial charge in [-0.15, -0.1) is 0 Å². The van der Waals surface area contributed by atoms with Gasteiger partial charge < -0.3 is 18.8 Å². The van der Waals surface area contributed by atoms with Crippen LogP contribution in [-0.2, 0) is 30.1 Å². The van der Waals surface area contributed by atoms with Gasteiger partial charge in [0.25, 0.3) is 0 Å². The van der Waals surface area contributed by atoms with E-state index in [0.717, 1.165) is 11.0 Å². The number of hydrogen-bond donors (Lipinski definition) is 0. The number of anilines is 1. The highest BCUT2D eigenvalue weighted by Gasteiger charge is 2.51. The third-order valence-corrected chi connectivity index (χ3v) is 7.04. The van der Waals surface area contributed by atoms with Crippen LogP contribution in [0.1, 0.15) is 72.1 Å². The van der Waals surface area contributed by atoms with E-state index in [0.29, 0.717) is 17.9 Å². The van der Waals surface area contributed by atoms with Crippen LogP contribution in [-0.4, -0.2) is 53.1 Å². The Labute approximate surface area is 219 Å². The molecule has 2 heterocycles. The normalized spacial score (nSPS) is 21.9. The summed E-state index contributed by atoms with van der Waals surface area (Å²) in [5.41, 5.74) is 0.825. The minimum absolute atomic E-state index is 0.0134. The lowest BCUT2D eigenvalue weighted by Gasteiger charge is -2.32. The molecule has 9 nitrogen and oxygen atoms in total. The fourth-order valence-electron chi connectivity index (χ4n) is 4.15. The quantitative estimate of drug-likeness (QED) is 0.426. The first-order chi connectivity index (χ1) is 17.2. The van der Waals surface area contributed by atoms with Gasteiger partial charge in [-0.25, -0.2) is 9.78 Å². The average Bonchev–Trinajstić information content (AvgIpc) is 3.57. The summed E-state index contributed by atoms with van der Waals surface area (Å²) < 4.78 is 22.9. The molecule has 1 aromatic carbocycles. The molecular formula is C27H36BN3O6. The number of carbonyl (C=O) groups excluding carboxylic acids is 2. The van der Waals surface area contributed by atoms with Gasteiger partial charge >= 0.3 is 19.2 Å². The van der Waals surface area contributed by atoms with E-state index in [9.17, 15) is 9.59 Å².